The van der Waals surface area contributed by atoms with Crippen LogP contribution in [-0.4, -0.2) is 25.8 Å². The molecule has 2 aromatic carbocycles. The summed E-state index contributed by atoms with van der Waals surface area (Å²) >= 11 is 17.6. The maximum absolute atomic E-state index is 11.7. The highest BCUT2D eigenvalue weighted by Crippen LogP contribution is 2.27. The maximum Gasteiger partial charge on any atom is 0.277 e. The van der Waals surface area contributed by atoms with E-state index in [1.807, 2.05) is 0 Å². The van der Waals surface area contributed by atoms with Crippen LogP contribution < -0.4 is 14.9 Å². The van der Waals surface area contributed by atoms with E-state index in [-0.39, 0.29) is 6.61 Å². The summed E-state index contributed by atoms with van der Waals surface area (Å²) in [5, 5.41) is 5.18. The van der Waals surface area contributed by atoms with Crippen molar-refractivity contribution in [3.63, 3.8) is 0 Å². The molecule has 2 rings (SSSR count). The smallest absolute Gasteiger partial charge is 0.277 e. The number of hydrazone groups is 1. The average Bonchev–Trinajstić information content (AvgIpc) is 2.54. The molecule has 24 heavy (non-hydrogen) atoms. The molecule has 0 aliphatic rings. The van der Waals surface area contributed by atoms with Gasteiger partial charge in [-0.25, -0.2) is 5.43 Å². The Balaban J connectivity index is 1.90. The number of methoxy groups -OCH3 is 1. The number of benzene rings is 2. The third-order valence-electron chi connectivity index (χ3n) is 2.84. The van der Waals surface area contributed by atoms with Crippen LogP contribution in [0.15, 0.2) is 41.5 Å². The molecule has 5 nitrogen and oxygen atoms in total. The van der Waals surface area contributed by atoms with Crippen LogP contribution in [0, 0.1) is 0 Å². The standard InChI is InChI=1S/C16H13Cl3N2O3/c1-23-14-4-2-11(17)6-10(14)8-20-21-16(22)9-24-15-5-3-12(18)7-13(15)19/h2-8H,9H2,1H3,(H,21,22). The van der Waals surface area contributed by atoms with E-state index in [0.29, 0.717) is 32.1 Å². The van der Waals surface area contributed by atoms with Crippen molar-refractivity contribution in [2.45, 2.75) is 0 Å². The predicted molar refractivity (Wildman–Crippen MR) is 95.7 cm³/mol. The zero-order chi connectivity index (χ0) is 17.5. The summed E-state index contributed by atoms with van der Waals surface area (Å²) < 4.78 is 10.5. The van der Waals surface area contributed by atoms with Gasteiger partial charge in [-0.2, -0.15) is 5.10 Å². The molecule has 0 saturated carbocycles. The number of nitrogens with one attached hydrogen (secondary N) is 1. The highest BCUT2D eigenvalue weighted by molar-refractivity contribution is 6.35. The molecule has 0 unspecified atom stereocenters. The van der Waals surface area contributed by atoms with E-state index in [1.165, 1.54) is 19.4 Å². The molecule has 0 bridgehead atoms. The van der Waals surface area contributed by atoms with Crippen molar-refractivity contribution < 1.29 is 14.3 Å². The second-order valence-electron chi connectivity index (χ2n) is 4.54. The highest BCUT2D eigenvalue weighted by Gasteiger charge is 2.06. The molecule has 1 N–H and O–H groups in total. The van der Waals surface area contributed by atoms with Gasteiger partial charge in [0, 0.05) is 15.6 Å². The third kappa shape index (κ3) is 5.30. The molecule has 0 atom stereocenters. The van der Waals surface area contributed by atoms with Gasteiger partial charge in [-0.1, -0.05) is 34.8 Å². The molecule has 0 radical (unpaired) electrons. The van der Waals surface area contributed by atoms with Gasteiger partial charge in [0.2, 0.25) is 0 Å². The molecule has 0 heterocycles. The molecule has 126 valence electrons. The van der Waals surface area contributed by atoms with Gasteiger partial charge < -0.3 is 9.47 Å². The van der Waals surface area contributed by atoms with E-state index in [1.54, 1.807) is 30.3 Å². The molecule has 0 fully saturated rings. The Labute approximate surface area is 154 Å². The number of hydrogen-bond donors (Lipinski definition) is 1. The van der Waals surface area contributed by atoms with Gasteiger partial charge in [-0.3, -0.25) is 4.79 Å². The minimum atomic E-state index is -0.446. The third-order valence-corrected chi connectivity index (χ3v) is 3.60. The summed E-state index contributed by atoms with van der Waals surface area (Å²) in [6, 6.07) is 9.79. The first-order chi connectivity index (χ1) is 11.5. The van der Waals surface area contributed by atoms with Crippen molar-refractivity contribution in [1.82, 2.24) is 5.43 Å². The van der Waals surface area contributed by atoms with Gasteiger partial charge >= 0.3 is 0 Å². The van der Waals surface area contributed by atoms with E-state index in [4.69, 9.17) is 44.3 Å². The molecule has 0 aliphatic heterocycles. The number of ether oxygens (including phenoxy) is 2. The van der Waals surface area contributed by atoms with Gasteiger partial charge in [-0.15, -0.1) is 0 Å². The lowest BCUT2D eigenvalue weighted by Crippen LogP contribution is -2.24. The molecular formula is C16H13Cl3N2O3. The van der Waals surface area contributed by atoms with Crippen molar-refractivity contribution in [1.29, 1.82) is 0 Å². The minimum Gasteiger partial charge on any atom is -0.496 e. The average molecular weight is 388 g/mol. The summed E-state index contributed by atoms with van der Waals surface area (Å²) in [6.07, 6.45) is 1.43. The Hall–Kier alpha value is -1.95. The predicted octanol–water partition coefficient (Wildman–Crippen LogP) is 4.18. The fourth-order valence-corrected chi connectivity index (χ4v) is 2.39. The fourth-order valence-electron chi connectivity index (χ4n) is 1.75. The highest BCUT2D eigenvalue weighted by atomic mass is 35.5. The van der Waals surface area contributed by atoms with Gasteiger partial charge in [0.05, 0.1) is 18.3 Å². The molecule has 0 aliphatic carbocycles. The number of amides is 1. The lowest BCUT2D eigenvalue weighted by atomic mass is 10.2. The van der Waals surface area contributed by atoms with Crippen LogP contribution in [0.5, 0.6) is 11.5 Å². The van der Waals surface area contributed by atoms with E-state index < -0.39 is 5.91 Å². The monoisotopic (exact) mass is 386 g/mol. The second kappa shape index (κ2) is 8.78. The number of hydrogen-bond acceptors (Lipinski definition) is 4. The quantitative estimate of drug-likeness (QED) is 0.597. The summed E-state index contributed by atoms with van der Waals surface area (Å²) in [5.74, 6) is 0.497. The van der Waals surface area contributed by atoms with E-state index >= 15 is 0 Å². The zero-order valence-electron chi connectivity index (χ0n) is 12.6. The molecular weight excluding hydrogens is 375 g/mol. The zero-order valence-corrected chi connectivity index (χ0v) is 14.8. The van der Waals surface area contributed by atoms with Crippen LogP contribution >= 0.6 is 34.8 Å². The Morgan fingerprint density at radius 2 is 1.79 bits per heavy atom. The van der Waals surface area contributed by atoms with Crippen molar-refractivity contribution in [2.24, 2.45) is 5.10 Å². The maximum atomic E-state index is 11.7. The Kier molecular flexibility index (Phi) is 6.73. The SMILES string of the molecule is COc1ccc(Cl)cc1C=NNC(=O)COc1ccc(Cl)cc1Cl. The summed E-state index contributed by atoms with van der Waals surface area (Å²) in [4.78, 5) is 11.7. The minimum absolute atomic E-state index is 0.245. The van der Waals surface area contributed by atoms with Crippen molar-refractivity contribution in [3.05, 3.63) is 57.0 Å². The topological polar surface area (TPSA) is 59.9 Å². The lowest BCUT2D eigenvalue weighted by molar-refractivity contribution is -0.123. The van der Waals surface area contributed by atoms with Gasteiger partial charge in [0.25, 0.3) is 5.91 Å². The van der Waals surface area contributed by atoms with Crippen molar-refractivity contribution in [3.8, 4) is 11.5 Å². The lowest BCUT2D eigenvalue weighted by Gasteiger charge is -2.07. The van der Waals surface area contributed by atoms with E-state index in [0.717, 1.165) is 0 Å². The molecule has 2 aromatic rings. The Morgan fingerprint density at radius 3 is 2.46 bits per heavy atom. The largest absolute Gasteiger partial charge is 0.496 e. The van der Waals surface area contributed by atoms with Gasteiger partial charge in [-0.05, 0) is 36.4 Å². The Bertz CT molecular complexity index is 766. The number of halogens is 3. The van der Waals surface area contributed by atoms with Gasteiger partial charge in [0.1, 0.15) is 11.5 Å². The van der Waals surface area contributed by atoms with Crippen molar-refractivity contribution in [2.75, 3.05) is 13.7 Å². The van der Waals surface area contributed by atoms with Crippen LogP contribution in [-0.2, 0) is 4.79 Å². The second-order valence-corrected chi connectivity index (χ2v) is 5.82. The number of nitrogens with zero attached hydrogens (tertiary/aromatic N) is 1. The van der Waals surface area contributed by atoms with Crippen LogP contribution in [0.4, 0.5) is 0 Å². The first-order valence-electron chi connectivity index (χ1n) is 6.73. The van der Waals surface area contributed by atoms with Crippen LogP contribution in [0.3, 0.4) is 0 Å². The van der Waals surface area contributed by atoms with E-state index in [2.05, 4.69) is 10.5 Å². The van der Waals surface area contributed by atoms with Gasteiger partial charge in [0.15, 0.2) is 6.61 Å². The molecule has 8 heteroatoms. The van der Waals surface area contributed by atoms with Crippen LogP contribution in [0.1, 0.15) is 5.56 Å². The van der Waals surface area contributed by atoms with Crippen molar-refractivity contribution >= 4 is 46.9 Å². The normalized spacial score (nSPS) is 10.7. The molecule has 0 aromatic heterocycles. The van der Waals surface area contributed by atoms with E-state index in [9.17, 15) is 4.79 Å². The molecule has 0 spiro atoms. The van der Waals surface area contributed by atoms with Crippen LogP contribution in [0.2, 0.25) is 15.1 Å². The summed E-state index contributed by atoms with van der Waals surface area (Å²) in [7, 11) is 1.53. The first-order valence-corrected chi connectivity index (χ1v) is 7.86. The van der Waals surface area contributed by atoms with Crippen LogP contribution in [0.25, 0.3) is 0 Å². The number of carbonyl (C=O) groups excluding carboxylic acids is 1. The summed E-state index contributed by atoms with van der Waals surface area (Å²) in [6.45, 7) is -0.245. The summed E-state index contributed by atoms with van der Waals surface area (Å²) in [5.41, 5.74) is 2.97. The first kappa shape index (κ1) is 18.4. The Morgan fingerprint density at radius 1 is 1.12 bits per heavy atom. The fraction of sp³-hybridized carbons (Fsp3) is 0.125. The number of rotatable bonds is 6. The number of carbonyl (C=O) groups is 1. The molecule has 0 saturated heterocycles. The molecule has 1 amide bonds.